The fraction of sp³-hybridized carbons (Fsp3) is 0.235. The molecule has 90 valence electrons. The molecule has 2 aromatic carbocycles. The van der Waals surface area contributed by atoms with Crippen molar-refractivity contribution in [3.05, 3.63) is 59.7 Å². The van der Waals surface area contributed by atoms with Crippen LogP contribution in [0.25, 0.3) is 11.1 Å². The highest BCUT2D eigenvalue weighted by molar-refractivity contribution is 5.87. The molecule has 0 bridgehead atoms. The molecule has 0 saturated heterocycles. The van der Waals surface area contributed by atoms with Gasteiger partial charge in [0.2, 0.25) is 0 Å². The molecule has 0 aromatic heterocycles. The summed E-state index contributed by atoms with van der Waals surface area (Å²) in [6, 6.07) is 16.4. The van der Waals surface area contributed by atoms with E-state index >= 15 is 0 Å². The quantitative estimate of drug-likeness (QED) is 0.729. The lowest BCUT2D eigenvalue weighted by molar-refractivity contribution is 0.112. The van der Waals surface area contributed by atoms with E-state index in [0.717, 1.165) is 23.0 Å². The van der Waals surface area contributed by atoms with Gasteiger partial charge in [-0.05, 0) is 34.9 Å². The van der Waals surface area contributed by atoms with Crippen LogP contribution in [0.3, 0.4) is 0 Å². The standard InChI is InChI=1S/C17H16O/c1-17(10-11-17)15-8-6-13(7-9-15)16-5-3-2-4-14(16)12-18/h2-9,12H,10-11H2,1H3. The summed E-state index contributed by atoms with van der Waals surface area (Å²) in [6.07, 6.45) is 3.50. The minimum absolute atomic E-state index is 0.405. The summed E-state index contributed by atoms with van der Waals surface area (Å²) in [6.45, 7) is 2.31. The number of carbonyl (C=O) groups is 1. The van der Waals surface area contributed by atoms with Crippen LogP contribution >= 0.6 is 0 Å². The predicted molar refractivity (Wildman–Crippen MR) is 73.9 cm³/mol. The summed E-state index contributed by atoms with van der Waals surface area (Å²) in [5, 5.41) is 0. The Morgan fingerprint density at radius 3 is 2.28 bits per heavy atom. The van der Waals surface area contributed by atoms with Gasteiger partial charge < -0.3 is 0 Å². The number of benzene rings is 2. The Morgan fingerprint density at radius 1 is 1.00 bits per heavy atom. The third kappa shape index (κ3) is 1.86. The molecule has 0 N–H and O–H groups in total. The van der Waals surface area contributed by atoms with Gasteiger partial charge >= 0.3 is 0 Å². The average Bonchev–Trinajstić information content (AvgIpc) is 3.18. The molecular weight excluding hydrogens is 220 g/mol. The predicted octanol–water partition coefficient (Wildman–Crippen LogP) is 4.22. The van der Waals surface area contributed by atoms with Crippen LogP contribution in [0.1, 0.15) is 35.7 Å². The Hall–Kier alpha value is -1.89. The lowest BCUT2D eigenvalue weighted by Crippen LogP contribution is -1.98. The molecule has 0 heterocycles. The van der Waals surface area contributed by atoms with Crippen LogP contribution in [0.5, 0.6) is 0 Å². The van der Waals surface area contributed by atoms with Crippen molar-refractivity contribution in [3.63, 3.8) is 0 Å². The molecule has 1 aliphatic rings. The van der Waals surface area contributed by atoms with Gasteiger partial charge in [-0.25, -0.2) is 0 Å². The summed E-state index contributed by atoms with van der Waals surface area (Å²) in [7, 11) is 0. The van der Waals surface area contributed by atoms with E-state index in [-0.39, 0.29) is 0 Å². The van der Waals surface area contributed by atoms with Gasteiger partial charge in [0.15, 0.2) is 6.29 Å². The maximum absolute atomic E-state index is 11.0. The third-order valence-electron chi connectivity index (χ3n) is 3.98. The molecule has 0 unspecified atom stereocenters. The van der Waals surface area contributed by atoms with Gasteiger partial charge in [0.1, 0.15) is 0 Å². The first-order chi connectivity index (χ1) is 8.73. The van der Waals surface area contributed by atoms with Crippen molar-refractivity contribution in [2.45, 2.75) is 25.2 Å². The maximum atomic E-state index is 11.0. The van der Waals surface area contributed by atoms with Crippen LogP contribution in [-0.4, -0.2) is 6.29 Å². The highest BCUT2D eigenvalue weighted by atomic mass is 16.1. The zero-order chi connectivity index (χ0) is 12.6. The van der Waals surface area contributed by atoms with Crippen molar-refractivity contribution in [3.8, 4) is 11.1 Å². The number of aldehydes is 1. The fourth-order valence-corrected chi connectivity index (χ4v) is 2.39. The molecule has 1 saturated carbocycles. The van der Waals surface area contributed by atoms with Gasteiger partial charge in [0.25, 0.3) is 0 Å². The van der Waals surface area contributed by atoms with E-state index in [4.69, 9.17) is 0 Å². The fourth-order valence-electron chi connectivity index (χ4n) is 2.39. The second-order valence-electron chi connectivity index (χ2n) is 5.34. The molecule has 1 nitrogen and oxygen atoms in total. The van der Waals surface area contributed by atoms with Gasteiger partial charge in [-0.3, -0.25) is 4.79 Å². The lowest BCUT2D eigenvalue weighted by atomic mass is 9.94. The van der Waals surface area contributed by atoms with Crippen molar-refractivity contribution in [2.24, 2.45) is 0 Å². The summed E-state index contributed by atoms with van der Waals surface area (Å²) < 4.78 is 0. The molecular formula is C17H16O. The van der Waals surface area contributed by atoms with Crippen LogP contribution in [0.15, 0.2) is 48.5 Å². The highest BCUT2D eigenvalue weighted by Gasteiger charge is 2.38. The first-order valence-electron chi connectivity index (χ1n) is 6.38. The van der Waals surface area contributed by atoms with Crippen molar-refractivity contribution in [1.82, 2.24) is 0 Å². The van der Waals surface area contributed by atoms with Crippen molar-refractivity contribution in [2.75, 3.05) is 0 Å². The summed E-state index contributed by atoms with van der Waals surface area (Å²) >= 11 is 0. The molecule has 2 aromatic rings. The normalized spacial score (nSPS) is 16.3. The minimum atomic E-state index is 0.405. The largest absolute Gasteiger partial charge is 0.298 e. The van der Waals surface area contributed by atoms with E-state index in [1.54, 1.807) is 0 Å². The second kappa shape index (κ2) is 4.09. The molecule has 0 spiro atoms. The van der Waals surface area contributed by atoms with E-state index < -0.39 is 0 Å². The van der Waals surface area contributed by atoms with E-state index in [9.17, 15) is 4.79 Å². The van der Waals surface area contributed by atoms with Gasteiger partial charge in [-0.15, -0.1) is 0 Å². The lowest BCUT2D eigenvalue weighted by Gasteiger charge is -2.10. The van der Waals surface area contributed by atoms with E-state index in [1.165, 1.54) is 18.4 Å². The zero-order valence-corrected chi connectivity index (χ0v) is 10.5. The van der Waals surface area contributed by atoms with Gasteiger partial charge in [0, 0.05) is 5.56 Å². The number of rotatable bonds is 3. The highest BCUT2D eigenvalue weighted by Crippen LogP contribution is 2.47. The van der Waals surface area contributed by atoms with E-state index in [1.807, 2.05) is 24.3 Å². The SMILES string of the molecule is CC1(c2ccc(-c3ccccc3C=O)cc2)CC1. The molecule has 3 rings (SSSR count). The van der Waals surface area contributed by atoms with E-state index in [0.29, 0.717) is 5.41 Å². The minimum Gasteiger partial charge on any atom is -0.298 e. The molecule has 1 heteroatoms. The number of hydrogen-bond donors (Lipinski definition) is 0. The van der Waals surface area contributed by atoms with Crippen LogP contribution in [0.2, 0.25) is 0 Å². The molecule has 1 fully saturated rings. The average molecular weight is 236 g/mol. The molecule has 0 radical (unpaired) electrons. The Labute approximate surface area is 107 Å². The number of hydrogen-bond acceptors (Lipinski definition) is 1. The second-order valence-corrected chi connectivity index (χ2v) is 5.34. The molecule has 0 atom stereocenters. The van der Waals surface area contributed by atoms with Crippen LogP contribution in [-0.2, 0) is 5.41 Å². The zero-order valence-electron chi connectivity index (χ0n) is 10.5. The molecule has 1 aliphatic carbocycles. The van der Waals surface area contributed by atoms with Crippen LogP contribution < -0.4 is 0 Å². The Bertz CT molecular complexity index is 577. The first kappa shape index (κ1) is 11.2. The monoisotopic (exact) mass is 236 g/mol. The van der Waals surface area contributed by atoms with Crippen LogP contribution in [0, 0.1) is 0 Å². The van der Waals surface area contributed by atoms with Crippen molar-refractivity contribution >= 4 is 6.29 Å². The van der Waals surface area contributed by atoms with Gasteiger partial charge in [0.05, 0.1) is 0 Å². The molecule has 0 amide bonds. The number of carbonyl (C=O) groups excluding carboxylic acids is 1. The third-order valence-corrected chi connectivity index (χ3v) is 3.98. The van der Waals surface area contributed by atoms with Crippen molar-refractivity contribution in [1.29, 1.82) is 0 Å². The Balaban J connectivity index is 1.99. The maximum Gasteiger partial charge on any atom is 0.150 e. The smallest absolute Gasteiger partial charge is 0.150 e. The van der Waals surface area contributed by atoms with E-state index in [2.05, 4.69) is 31.2 Å². The van der Waals surface area contributed by atoms with Crippen molar-refractivity contribution < 1.29 is 4.79 Å². The Morgan fingerprint density at radius 2 is 1.67 bits per heavy atom. The topological polar surface area (TPSA) is 17.1 Å². The Kier molecular flexibility index (Phi) is 2.55. The summed E-state index contributed by atoms with van der Waals surface area (Å²) in [5.74, 6) is 0. The summed E-state index contributed by atoms with van der Waals surface area (Å²) in [4.78, 5) is 11.0. The summed E-state index contributed by atoms with van der Waals surface area (Å²) in [5.41, 5.74) is 4.70. The molecule has 18 heavy (non-hydrogen) atoms. The molecule has 0 aliphatic heterocycles. The van der Waals surface area contributed by atoms with Gasteiger partial charge in [-0.2, -0.15) is 0 Å². The van der Waals surface area contributed by atoms with Gasteiger partial charge in [-0.1, -0.05) is 55.5 Å². The van der Waals surface area contributed by atoms with Crippen LogP contribution in [0.4, 0.5) is 0 Å². The first-order valence-corrected chi connectivity index (χ1v) is 6.38.